The van der Waals surface area contributed by atoms with Crippen molar-refractivity contribution < 1.29 is 14.4 Å². The lowest BCUT2D eigenvalue weighted by atomic mass is 10.0. The first kappa shape index (κ1) is 19.4. The number of carbonyl (C=O) groups is 3. The first-order chi connectivity index (χ1) is 13.0. The molecule has 0 atom stereocenters. The summed E-state index contributed by atoms with van der Waals surface area (Å²) < 4.78 is 1.78. The summed E-state index contributed by atoms with van der Waals surface area (Å²) in [4.78, 5) is 40.7. The number of aryl methyl sites for hydroxylation is 1. The van der Waals surface area contributed by atoms with Crippen LogP contribution >= 0.6 is 0 Å². The fourth-order valence-electron chi connectivity index (χ4n) is 3.78. The SMILES string of the molecule is CCCNC(=O)CCC(=O)N1CCc2c(c(C(=O)N3CCCC3)nn2C)C1. The summed E-state index contributed by atoms with van der Waals surface area (Å²) in [6, 6.07) is 0. The molecule has 1 aromatic rings. The van der Waals surface area contributed by atoms with E-state index in [4.69, 9.17) is 0 Å². The number of carbonyl (C=O) groups excluding carboxylic acids is 3. The number of likely N-dealkylation sites (tertiary alicyclic amines) is 1. The summed E-state index contributed by atoms with van der Waals surface area (Å²) in [6.45, 7) is 5.18. The van der Waals surface area contributed by atoms with Crippen molar-refractivity contribution in [3.05, 3.63) is 17.0 Å². The molecule has 0 saturated carbocycles. The van der Waals surface area contributed by atoms with Gasteiger partial charge in [-0.2, -0.15) is 5.10 Å². The van der Waals surface area contributed by atoms with Crippen LogP contribution < -0.4 is 5.32 Å². The van der Waals surface area contributed by atoms with Crippen molar-refractivity contribution in [2.45, 2.75) is 52.0 Å². The van der Waals surface area contributed by atoms with Crippen molar-refractivity contribution in [3.8, 4) is 0 Å². The number of rotatable bonds is 6. The predicted molar refractivity (Wildman–Crippen MR) is 100 cm³/mol. The van der Waals surface area contributed by atoms with Crippen LogP contribution in [0.25, 0.3) is 0 Å². The van der Waals surface area contributed by atoms with Crippen molar-refractivity contribution in [2.24, 2.45) is 7.05 Å². The van der Waals surface area contributed by atoms with E-state index in [-0.39, 0.29) is 30.6 Å². The number of nitrogens with one attached hydrogen (secondary N) is 1. The highest BCUT2D eigenvalue weighted by Crippen LogP contribution is 2.25. The third-order valence-corrected chi connectivity index (χ3v) is 5.33. The van der Waals surface area contributed by atoms with Gasteiger partial charge in [0.25, 0.3) is 5.91 Å². The van der Waals surface area contributed by atoms with E-state index in [1.165, 1.54) is 0 Å². The number of fused-ring (bicyclic) bond motifs is 1. The molecule has 27 heavy (non-hydrogen) atoms. The van der Waals surface area contributed by atoms with Crippen LogP contribution in [0.1, 0.15) is 60.8 Å². The molecule has 8 nitrogen and oxygen atoms in total. The van der Waals surface area contributed by atoms with Crippen molar-refractivity contribution in [3.63, 3.8) is 0 Å². The molecular formula is C19H29N5O3. The summed E-state index contributed by atoms with van der Waals surface area (Å²) in [6.07, 6.45) is 4.02. The lowest BCUT2D eigenvalue weighted by Crippen LogP contribution is -2.38. The van der Waals surface area contributed by atoms with Crippen LogP contribution in [0.3, 0.4) is 0 Å². The fourth-order valence-corrected chi connectivity index (χ4v) is 3.78. The zero-order chi connectivity index (χ0) is 19.4. The van der Waals surface area contributed by atoms with Gasteiger partial charge in [-0.15, -0.1) is 0 Å². The van der Waals surface area contributed by atoms with E-state index < -0.39 is 0 Å². The molecule has 2 aliphatic rings. The average molecular weight is 375 g/mol. The Labute approximate surface area is 159 Å². The van der Waals surface area contributed by atoms with Crippen LogP contribution in [-0.2, 0) is 29.6 Å². The topological polar surface area (TPSA) is 87.5 Å². The maximum atomic E-state index is 12.8. The fraction of sp³-hybridized carbons (Fsp3) is 0.684. The zero-order valence-corrected chi connectivity index (χ0v) is 16.3. The monoisotopic (exact) mass is 375 g/mol. The molecule has 1 aromatic heterocycles. The van der Waals surface area contributed by atoms with E-state index in [2.05, 4.69) is 10.4 Å². The third kappa shape index (κ3) is 4.31. The lowest BCUT2D eigenvalue weighted by Gasteiger charge is -2.28. The van der Waals surface area contributed by atoms with Crippen LogP contribution in [-0.4, -0.2) is 63.5 Å². The van der Waals surface area contributed by atoms with E-state index in [1.807, 2.05) is 18.9 Å². The molecule has 0 unspecified atom stereocenters. The van der Waals surface area contributed by atoms with Crippen molar-refractivity contribution in [1.29, 1.82) is 0 Å². The Hall–Kier alpha value is -2.38. The van der Waals surface area contributed by atoms with Crippen LogP contribution in [0.4, 0.5) is 0 Å². The summed E-state index contributed by atoms with van der Waals surface area (Å²) >= 11 is 0. The van der Waals surface area contributed by atoms with Crippen molar-refractivity contribution in [1.82, 2.24) is 24.9 Å². The number of hydrogen-bond donors (Lipinski definition) is 1. The van der Waals surface area contributed by atoms with Gasteiger partial charge in [0, 0.05) is 70.3 Å². The quantitative estimate of drug-likeness (QED) is 0.798. The molecule has 0 aromatic carbocycles. The molecule has 0 aliphatic carbocycles. The van der Waals surface area contributed by atoms with E-state index in [0.717, 1.165) is 43.6 Å². The second-order valence-corrected chi connectivity index (χ2v) is 7.31. The van der Waals surface area contributed by atoms with Gasteiger partial charge in [0.05, 0.1) is 0 Å². The largest absolute Gasteiger partial charge is 0.356 e. The molecular weight excluding hydrogens is 346 g/mol. The van der Waals surface area contributed by atoms with Gasteiger partial charge in [0.15, 0.2) is 5.69 Å². The van der Waals surface area contributed by atoms with Crippen molar-refractivity contribution >= 4 is 17.7 Å². The van der Waals surface area contributed by atoms with E-state index >= 15 is 0 Å². The Kier molecular flexibility index (Phi) is 6.13. The molecule has 1 N–H and O–H groups in total. The minimum Gasteiger partial charge on any atom is -0.356 e. The van der Waals surface area contributed by atoms with Gasteiger partial charge in [0.2, 0.25) is 11.8 Å². The summed E-state index contributed by atoms with van der Waals surface area (Å²) in [5.41, 5.74) is 2.37. The first-order valence-corrected chi connectivity index (χ1v) is 9.89. The summed E-state index contributed by atoms with van der Waals surface area (Å²) in [7, 11) is 1.86. The van der Waals surface area contributed by atoms with Gasteiger partial charge >= 0.3 is 0 Å². The number of hydrogen-bond acceptors (Lipinski definition) is 4. The minimum atomic E-state index is -0.0887. The van der Waals surface area contributed by atoms with E-state index in [9.17, 15) is 14.4 Å². The lowest BCUT2D eigenvalue weighted by molar-refractivity contribution is -0.134. The maximum absolute atomic E-state index is 12.8. The molecule has 0 spiro atoms. The zero-order valence-electron chi connectivity index (χ0n) is 16.3. The molecule has 0 radical (unpaired) electrons. The Bertz CT molecular complexity index is 721. The standard InChI is InChI=1S/C19H29N5O3/c1-3-9-20-16(25)6-7-17(26)24-12-8-15-14(13-24)18(21-22(15)2)19(27)23-10-4-5-11-23/h3-13H2,1-2H3,(H,20,25). The molecule has 148 valence electrons. The Balaban J connectivity index is 1.65. The van der Waals surface area contributed by atoms with E-state index in [1.54, 1.807) is 9.58 Å². The van der Waals surface area contributed by atoms with Gasteiger partial charge in [-0.3, -0.25) is 19.1 Å². The van der Waals surface area contributed by atoms with Gasteiger partial charge in [0.1, 0.15) is 0 Å². The maximum Gasteiger partial charge on any atom is 0.274 e. The second-order valence-electron chi connectivity index (χ2n) is 7.31. The molecule has 0 bridgehead atoms. The van der Waals surface area contributed by atoms with Crippen molar-refractivity contribution in [2.75, 3.05) is 26.2 Å². The van der Waals surface area contributed by atoms with Gasteiger partial charge in [-0.25, -0.2) is 0 Å². The summed E-state index contributed by atoms with van der Waals surface area (Å²) in [5.74, 6) is -0.164. The predicted octanol–water partition coefficient (Wildman–Crippen LogP) is 0.847. The molecule has 1 saturated heterocycles. The van der Waals surface area contributed by atoms with E-state index in [0.29, 0.717) is 31.7 Å². The highest BCUT2D eigenvalue weighted by molar-refractivity contribution is 5.94. The molecule has 3 heterocycles. The Morgan fingerprint density at radius 3 is 2.52 bits per heavy atom. The van der Waals surface area contributed by atoms with Crippen LogP contribution in [0, 0.1) is 0 Å². The first-order valence-electron chi connectivity index (χ1n) is 9.89. The Morgan fingerprint density at radius 1 is 1.07 bits per heavy atom. The Morgan fingerprint density at radius 2 is 1.81 bits per heavy atom. The van der Waals surface area contributed by atoms with Gasteiger partial charge in [-0.1, -0.05) is 6.92 Å². The molecule has 3 rings (SSSR count). The minimum absolute atomic E-state index is 0.0300. The highest BCUT2D eigenvalue weighted by Gasteiger charge is 2.31. The normalized spacial score (nSPS) is 16.4. The highest BCUT2D eigenvalue weighted by atomic mass is 16.2. The number of nitrogens with zero attached hydrogens (tertiary/aromatic N) is 4. The average Bonchev–Trinajstić information content (AvgIpc) is 3.32. The number of aromatic nitrogens is 2. The smallest absolute Gasteiger partial charge is 0.274 e. The second kappa shape index (κ2) is 8.54. The van der Waals surface area contributed by atoms with Crippen LogP contribution in [0.2, 0.25) is 0 Å². The van der Waals surface area contributed by atoms with Gasteiger partial charge < -0.3 is 15.1 Å². The molecule has 3 amide bonds. The van der Waals surface area contributed by atoms with Gasteiger partial charge in [-0.05, 0) is 19.3 Å². The molecule has 8 heteroatoms. The van der Waals surface area contributed by atoms with Crippen LogP contribution in [0.15, 0.2) is 0 Å². The summed E-state index contributed by atoms with van der Waals surface area (Å²) in [5, 5.41) is 7.25. The van der Waals surface area contributed by atoms with Crippen LogP contribution in [0.5, 0.6) is 0 Å². The third-order valence-electron chi connectivity index (χ3n) is 5.33. The number of amides is 3. The molecule has 1 fully saturated rings. The molecule has 2 aliphatic heterocycles.